The van der Waals surface area contributed by atoms with Gasteiger partial charge in [0.25, 0.3) is 0 Å². The number of hydrogen-bond donors (Lipinski definition) is 0. The van der Waals surface area contributed by atoms with Crippen molar-refractivity contribution in [3.63, 3.8) is 0 Å². The molecule has 0 bridgehead atoms. The molecule has 3 heterocycles. The second-order valence-electron chi connectivity index (χ2n) is 6.86. The van der Waals surface area contributed by atoms with Gasteiger partial charge in [0.2, 0.25) is 11.6 Å². The van der Waals surface area contributed by atoms with E-state index in [0.29, 0.717) is 11.6 Å². The van der Waals surface area contributed by atoms with Gasteiger partial charge in [-0.3, -0.25) is 9.97 Å². The van der Waals surface area contributed by atoms with E-state index in [2.05, 4.69) is 58.1 Å². The summed E-state index contributed by atoms with van der Waals surface area (Å²) in [4.78, 5) is 9.19. The minimum atomic E-state index is 0.506. The van der Waals surface area contributed by atoms with Gasteiger partial charge in [-0.05, 0) is 77.6 Å². The summed E-state index contributed by atoms with van der Waals surface area (Å²) in [6, 6.07) is 0. The summed E-state index contributed by atoms with van der Waals surface area (Å²) in [5, 5.41) is 17.4. The molecule has 6 nitrogen and oxygen atoms in total. The molecular formula is C20H24N6. The molecular weight excluding hydrogens is 324 g/mol. The van der Waals surface area contributed by atoms with Gasteiger partial charge in [0.15, 0.2) is 0 Å². The van der Waals surface area contributed by atoms with E-state index >= 15 is 0 Å². The lowest BCUT2D eigenvalue weighted by Gasteiger charge is -2.14. The summed E-state index contributed by atoms with van der Waals surface area (Å²) in [7, 11) is 0. The molecule has 3 rings (SSSR count). The molecule has 0 saturated carbocycles. The molecule has 3 aromatic rings. The number of rotatable bonds is 2. The standard InChI is InChI=1S/C20H24N6/c1-9-11(3)17(15(7)21-13(9)5)19-23-25-20(26-24-19)18-12(4)10(2)14(6)22-16(18)8/h1-8H3. The fraction of sp³-hybridized carbons (Fsp3) is 0.400. The summed E-state index contributed by atoms with van der Waals surface area (Å²) in [6.07, 6.45) is 0. The van der Waals surface area contributed by atoms with Gasteiger partial charge >= 0.3 is 0 Å². The molecule has 0 amide bonds. The number of nitrogens with zero attached hydrogens (tertiary/aromatic N) is 6. The van der Waals surface area contributed by atoms with E-state index in [-0.39, 0.29) is 0 Å². The van der Waals surface area contributed by atoms with Gasteiger partial charge in [0.1, 0.15) is 0 Å². The van der Waals surface area contributed by atoms with Crippen LogP contribution >= 0.6 is 0 Å². The molecule has 0 aromatic carbocycles. The van der Waals surface area contributed by atoms with Crippen LogP contribution in [0.1, 0.15) is 45.0 Å². The maximum Gasteiger partial charge on any atom is 0.205 e. The average Bonchev–Trinajstić information content (AvgIpc) is 2.59. The third-order valence-corrected chi connectivity index (χ3v) is 5.28. The SMILES string of the molecule is Cc1nc(C)c(-c2nnc(-c3c(C)nc(C)c(C)c3C)nn2)c(C)c1C. The Bertz CT molecular complexity index is 924. The number of aryl methyl sites for hydroxylation is 4. The van der Waals surface area contributed by atoms with Crippen LogP contribution in [0.3, 0.4) is 0 Å². The fourth-order valence-electron chi connectivity index (χ4n) is 3.33. The van der Waals surface area contributed by atoms with Gasteiger partial charge in [0.05, 0.1) is 0 Å². The minimum absolute atomic E-state index is 0.506. The molecule has 0 aliphatic heterocycles. The monoisotopic (exact) mass is 348 g/mol. The lowest BCUT2D eigenvalue weighted by molar-refractivity contribution is 0.863. The Hall–Kier alpha value is -2.76. The maximum atomic E-state index is 4.59. The smallest absolute Gasteiger partial charge is 0.205 e. The van der Waals surface area contributed by atoms with E-state index in [9.17, 15) is 0 Å². The first-order valence-electron chi connectivity index (χ1n) is 8.69. The number of pyridine rings is 2. The molecule has 0 spiro atoms. The van der Waals surface area contributed by atoms with E-state index in [1.807, 2.05) is 27.7 Å². The lowest BCUT2D eigenvalue weighted by atomic mass is 10.0. The highest BCUT2D eigenvalue weighted by molar-refractivity contribution is 5.66. The molecule has 0 aliphatic rings. The van der Waals surface area contributed by atoms with Gasteiger partial charge in [-0.2, -0.15) is 0 Å². The highest BCUT2D eigenvalue weighted by atomic mass is 15.3. The van der Waals surface area contributed by atoms with Crippen LogP contribution in [0.5, 0.6) is 0 Å². The summed E-state index contributed by atoms with van der Waals surface area (Å²) in [5.41, 5.74) is 10.2. The molecule has 0 saturated heterocycles. The van der Waals surface area contributed by atoms with Crippen molar-refractivity contribution in [1.29, 1.82) is 0 Å². The Morgan fingerprint density at radius 2 is 0.692 bits per heavy atom. The lowest BCUT2D eigenvalue weighted by Crippen LogP contribution is -2.07. The van der Waals surface area contributed by atoms with Crippen molar-refractivity contribution in [3.8, 4) is 22.8 Å². The van der Waals surface area contributed by atoms with E-state index < -0.39 is 0 Å². The van der Waals surface area contributed by atoms with Crippen LogP contribution in [0.15, 0.2) is 0 Å². The van der Waals surface area contributed by atoms with Gasteiger partial charge in [-0.15, -0.1) is 20.4 Å². The summed E-state index contributed by atoms with van der Waals surface area (Å²) >= 11 is 0. The first kappa shape index (κ1) is 18.0. The minimum Gasteiger partial charge on any atom is -0.257 e. The zero-order chi connectivity index (χ0) is 19.2. The summed E-state index contributed by atoms with van der Waals surface area (Å²) < 4.78 is 0. The number of hydrogen-bond acceptors (Lipinski definition) is 6. The second-order valence-corrected chi connectivity index (χ2v) is 6.86. The Kier molecular flexibility index (Phi) is 4.52. The van der Waals surface area contributed by atoms with E-state index in [0.717, 1.165) is 56.2 Å². The normalized spacial score (nSPS) is 11.1. The van der Waals surface area contributed by atoms with E-state index in [1.165, 1.54) is 0 Å². The zero-order valence-electron chi connectivity index (χ0n) is 16.7. The van der Waals surface area contributed by atoms with Crippen molar-refractivity contribution in [2.45, 2.75) is 55.4 Å². The highest BCUT2D eigenvalue weighted by Gasteiger charge is 2.18. The van der Waals surface area contributed by atoms with Crippen LogP contribution in [-0.4, -0.2) is 30.4 Å². The molecule has 3 aromatic heterocycles. The van der Waals surface area contributed by atoms with Gasteiger partial charge < -0.3 is 0 Å². The number of aromatic nitrogens is 6. The third kappa shape index (κ3) is 2.85. The van der Waals surface area contributed by atoms with Crippen molar-refractivity contribution < 1.29 is 0 Å². The molecule has 134 valence electrons. The Morgan fingerprint density at radius 3 is 1.00 bits per heavy atom. The van der Waals surface area contributed by atoms with Crippen molar-refractivity contribution in [2.75, 3.05) is 0 Å². The van der Waals surface area contributed by atoms with E-state index in [1.54, 1.807) is 0 Å². The molecule has 6 heteroatoms. The second kappa shape index (κ2) is 6.52. The Labute approximate surface area is 154 Å². The average molecular weight is 348 g/mol. The first-order chi connectivity index (χ1) is 12.2. The topological polar surface area (TPSA) is 77.3 Å². The first-order valence-corrected chi connectivity index (χ1v) is 8.69. The molecule has 0 aliphatic carbocycles. The molecule has 0 atom stereocenters. The largest absolute Gasteiger partial charge is 0.257 e. The Balaban J connectivity index is 2.12. The van der Waals surface area contributed by atoms with Gasteiger partial charge in [-0.1, -0.05) is 0 Å². The molecule has 0 unspecified atom stereocenters. The van der Waals surface area contributed by atoms with Crippen LogP contribution in [0.4, 0.5) is 0 Å². The summed E-state index contributed by atoms with van der Waals surface area (Å²) in [5.74, 6) is 1.01. The molecule has 0 fully saturated rings. The van der Waals surface area contributed by atoms with Crippen LogP contribution < -0.4 is 0 Å². The van der Waals surface area contributed by atoms with Crippen LogP contribution in [0.2, 0.25) is 0 Å². The van der Waals surface area contributed by atoms with Crippen LogP contribution in [0.25, 0.3) is 22.8 Å². The maximum absolute atomic E-state index is 4.59. The van der Waals surface area contributed by atoms with Crippen molar-refractivity contribution in [2.24, 2.45) is 0 Å². The fourth-order valence-corrected chi connectivity index (χ4v) is 3.33. The quantitative estimate of drug-likeness (QED) is 0.700. The van der Waals surface area contributed by atoms with Crippen molar-refractivity contribution >= 4 is 0 Å². The molecule has 0 N–H and O–H groups in total. The molecule has 26 heavy (non-hydrogen) atoms. The van der Waals surface area contributed by atoms with Gasteiger partial charge in [0, 0.05) is 33.9 Å². The predicted octanol–water partition coefficient (Wildman–Crippen LogP) is 3.86. The predicted molar refractivity (Wildman–Crippen MR) is 102 cm³/mol. The van der Waals surface area contributed by atoms with Crippen molar-refractivity contribution in [3.05, 3.63) is 45.0 Å². The summed E-state index contributed by atoms with van der Waals surface area (Å²) in [6.45, 7) is 16.2. The van der Waals surface area contributed by atoms with Crippen LogP contribution in [0, 0.1) is 55.4 Å². The van der Waals surface area contributed by atoms with E-state index in [4.69, 9.17) is 0 Å². The third-order valence-electron chi connectivity index (χ3n) is 5.28. The van der Waals surface area contributed by atoms with Crippen molar-refractivity contribution in [1.82, 2.24) is 30.4 Å². The van der Waals surface area contributed by atoms with Gasteiger partial charge in [-0.25, -0.2) is 0 Å². The highest BCUT2D eigenvalue weighted by Crippen LogP contribution is 2.28. The van der Waals surface area contributed by atoms with Crippen LogP contribution in [-0.2, 0) is 0 Å². The zero-order valence-corrected chi connectivity index (χ0v) is 16.7. The Morgan fingerprint density at radius 1 is 0.385 bits per heavy atom. The molecule has 0 radical (unpaired) electrons.